The van der Waals surface area contributed by atoms with Gasteiger partial charge in [0, 0.05) is 5.41 Å². The highest BCUT2D eigenvalue weighted by molar-refractivity contribution is 5.96. The number of fused-ring (bicyclic) bond motifs is 2. The fourth-order valence-corrected chi connectivity index (χ4v) is 4.01. The lowest BCUT2D eigenvalue weighted by atomic mass is 9.70. The third-order valence-corrected chi connectivity index (χ3v) is 6.12. The molecule has 1 aromatic rings. The van der Waals surface area contributed by atoms with Crippen molar-refractivity contribution in [1.29, 1.82) is 0 Å². The van der Waals surface area contributed by atoms with Crippen molar-refractivity contribution in [3.8, 4) is 0 Å². The summed E-state index contributed by atoms with van der Waals surface area (Å²) >= 11 is 0. The minimum Gasteiger partial charge on any atom is -0.313 e. The highest BCUT2D eigenvalue weighted by Crippen LogP contribution is 2.63. The number of rotatable bonds is 2. The first-order valence-electron chi connectivity index (χ1n) is 7.70. The van der Waals surface area contributed by atoms with E-state index in [9.17, 15) is 4.79 Å². The van der Waals surface area contributed by atoms with Crippen molar-refractivity contribution in [2.45, 2.75) is 47.0 Å². The van der Waals surface area contributed by atoms with E-state index < -0.39 is 0 Å². The van der Waals surface area contributed by atoms with Gasteiger partial charge < -0.3 is 4.84 Å². The standard InChI is InChI=1S/C18H23NO2/c1-12-7-5-6-8-14(12)16(20)21-19-15-11-13-9-10-18(15,4)17(13,2)3/h5-8,13H,9-11H2,1-4H3/b19-15+/t13-,18-/m0/s1. The number of aryl methyl sites for hydroxylation is 1. The van der Waals surface area contributed by atoms with E-state index in [1.54, 1.807) is 6.07 Å². The van der Waals surface area contributed by atoms with Crippen LogP contribution in [0.1, 0.15) is 56.0 Å². The molecule has 0 N–H and O–H groups in total. The molecular formula is C18H23NO2. The molecule has 0 aromatic heterocycles. The molecule has 21 heavy (non-hydrogen) atoms. The Balaban J connectivity index is 1.79. The zero-order valence-corrected chi connectivity index (χ0v) is 13.3. The molecule has 112 valence electrons. The minimum absolute atomic E-state index is 0.0731. The van der Waals surface area contributed by atoms with Crippen molar-refractivity contribution in [3.05, 3.63) is 35.4 Å². The predicted octanol–water partition coefficient (Wildman–Crippen LogP) is 4.35. The van der Waals surface area contributed by atoms with Crippen LogP contribution in [0.4, 0.5) is 0 Å². The molecule has 0 aliphatic heterocycles. The topological polar surface area (TPSA) is 38.7 Å². The lowest BCUT2D eigenvalue weighted by molar-refractivity contribution is 0.0507. The van der Waals surface area contributed by atoms with E-state index in [1.165, 1.54) is 6.42 Å². The Bertz CT molecular complexity index is 617. The summed E-state index contributed by atoms with van der Waals surface area (Å²) in [6, 6.07) is 7.45. The molecule has 2 saturated carbocycles. The van der Waals surface area contributed by atoms with Crippen LogP contribution in [0.3, 0.4) is 0 Å². The first-order valence-corrected chi connectivity index (χ1v) is 7.70. The molecule has 0 heterocycles. The van der Waals surface area contributed by atoms with Gasteiger partial charge in [-0.15, -0.1) is 0 Å². The fraction of sp³-hybridized carbons (Fsp3) is 0.556. The Kier molecular flexibility index (Phi) is 3.19. The quantitative estimate of drug-likeness (QED) is 0.598. The molecule has 0 unspecified atom stereocenters. The monoisotopic (exact) mass is 285 g/mol. The molecular weight excluding hydrogens is 262 g/mol. The Morgan fingerprint density at radius 3 is 2.57 bits per heavy atom. The Morgan fingerprint density at radius 2 is 2.00 bits per heavy atom. The molecule has 3 nitrogen and oxygen atoms in total. The van der Waals surface area contributed by atoms with Crippen molar-refractivity contribution >= 4 is 11.7 Å². The second-order valence-corrected chi connectivity index (χ2v) is 7.23. The summed E-state index contributed by atoms with van der Waals surface area (Å²) in [7, 11) is 0. The maximum Gasteiger partial charge on any atom is 0.365 e. The molecule has 1 aromatic carbocycles. The van der Waals surface area contributed by atoms with Crippen LogP contribution in [-0.4, -0.2) is 11.7 Å². The van der Waals surface area contributed by atoms with Crippen LogP contribution in [0, 0.1) is 23.7 Å². The molecule has 2 bridgehead atoms. The SMILES string of the molecule is Cc1ccccc1C(=O)O/N=C1\C[C@@H]2CC[C@]1(C)C2(C)C. The van der Waals surface area contributed by atoms with Crippen molar-refractivity contribution in [1.82, 2.24) is 0 Å². The van der Waals surface area contributed by atoms with Gasteiger partial charge in [0.15, 0.2) is 0 Å². The van der Waals surface area contributed by atoms with Gasteiger partial charge in [-0.05, 0) is 49.1 Å². The van der Waals surface area contributed by atoms with Gasteiger partial charge in [-0.25, -0.2) is 4.79 Å². The van der Waals surface area contributed by atoms with Gasteiger partial charge in [-0.1, -0.05) is 44.1 Å². The maximum atomic E-state index is 12.2. The van der Waals surface area contributed by atoms with E-state index in [4.69, 9.17) is 4.84 Å². The van der Waals surface area contributed by atoms with Gasteiger partial charge in [0.25, 0.3) is 0 Å². The van der Waals surface area contributed by atoms with Crippen LogP contribution < -0.4 is 0 Å². The van der Waals surface area contributed by atoms with Gasteiger partial charge in [0.1, 0.15) is 0 Å². The second kappa shape index (κ2) is 4.69. The van der Waals surface area contributed by atoms with Crippen molar-refractivity contribution < 1.29 is 9.63 Å². The third-order valence-electron chi connectivity index (χ3n) is 6.12. The molecule has 0 spiro atoms. The average Bonchev–Trinajstić information content (AvgIpc) is 2.78. The van der Waals surface area contributed by atoms with E-state index >= 15 is 0 Å². The zero-order valence-electron chi connectivity index (χ0n) is 13.3. The zero-order chi connectivity index (χ0) is 15.3. The Morgan fingerprint density at radius 1 is 1.29 bits per heavy atom. The molecule has 0 radical (unpaired) electrons. The molecule has 0 amide bonds. The van der Waals surface area contributed by atoms with E-state index in [2.05, 4.69) is 25.9 Å². The van der Waals surface area contributed by atoms with Crippen LogP contribution >= 0.6 is 0 Å². The number of carbonyl (C=O) groups excluding carboxylic acids is 1. The van der Waals surface area contributed by atoms with Gasteiger partial charge in [0.05, 0.1) is 11.3 Å². The molecule has 3 heteroatoms. The van der Waals surface area contributed by atoms with E-state index in [1.807, 2.05) is 25.1 Å². The smallest absolute Gasteiger partial charge is 0.313 e. The molecule has 3 rings (SSSR count). The number of nitrogens with zero attached hydrogens (tertiary/aromatic N) is 1. The van der Waals surface area contributed by atoms with E-state index in [0.29, 0.717) is 11.5 Å². The van der Waals surface area contributed by atoms with Gasteiger partial charge in [-0.3, -0.25) is 0 Å². The van der Waals surface area contributed by atoms with Gasteiger partial charge >= 0.3 is 5.97 Å². The van der Waals surface area contributed by atoms with Crippen LogP contribution in [0.2, 0.25) is 0 Å². The number of hydrogen-bond acceptors (Lipinski definition) is 3. The highest BCUT2D eigenvalue weighted by atomic mass is 16.7. The van der Waals surface area contributed by atoms with Crippen LogP contribution in [0.15, 0.2) is 29.4 Å². The van der Waals surface area contributed by atoms with Gasteiger partial charge in [0.2, 0.25) is 0 Å². The minimum atomic E-state index is -0.357. The first kappa shape index (κ1) is 14.3. The van der Waals surface area contributed by atoms with Crippen molar-refractivity contribution in [3.63, 3.8) is 0 Å². The predicted molar refractivity (Wildman–Crippen MR) is 83.3 cm³/mol. The largest absolute Gasteiger partial charge is 0.365 e. The Labute approximate surface area is 126 Å². The number of hydrogen-bond donors (Lipinski definition) is 0. The molecule has 2 aliphatic carbocycles. The summed E-state index contributed by atoms with van der Waals surface area (Å²) in [6.07, 6.45) is 3.37. The maximum absolute atomic E-state index is 12.2. The molecule has 0 saturated heterocycles. The summed E-state index contributed by atoms with van der Waals surface area (Å²) < 4.78 is 0. The summed E-state index contributed by atoms with van der Waals surface area (Å²) in [5, 5.41) is 4.26. The van der Waals surface area contributed by atoms with E-state index in [0.717, 1.165) is 24.1 Å². The summed E-state index contributed by atoms with van der Waals surface area (Å²) in [6.45, 7) is 8.80. The second-order valence-electron chi connectivity index (χ2n) is 7.23. The number of carbonyl (C=O) groups is 1. The number of benzene rings is 1. The van der Waals surface area contributed by atoms with Gasteiger partial charge in [-0.2, -0.15) is 0 Å². The lowest BCUT2D eigenvalue weighted by Gasteiger charge is -2.34. The third kappa shape index (κ3) is 2.02. The average molecular weight is 285 g/mol. The highest BCUT2D eigenvalue weighted by Gasteiger charge is 2.60. The summed E-state index contributed by atoms with van der Waals surface area (Å²) in [5.74, 6) is 0.309. The van der Waals surface area contributed by atoms with Crippen molar-refractivity contribution in [2.75, 3.05) is 0 Å². The summed E-state index contributed by atoms with van der Waals surface area (Å²) in [5.41, 5.74) is 2.90. The normalized spacial score (nSPS) is 31.6. The number of oxime groups is 1. The lowest BCUT2D eigenvalue weighted by Crippen LogP contribution is -2.32. The summed E-state index contributed by atoms with van der Waals surface area (Å²) in [4.78, 5) is 17.4. The Hall–Kier alpha value is -1.64. The van der Waals surface area contributed by atoms with Crippen LogP contribution in [-0.2, 0) is 4.84 Å². The van der Waals surface area contributed by atoms with Crippen LogP contribution in [0.25, 0.3) is 0 Å². The molecule has 2 fully saturated rings. The first-order chi connectivity index (χ1) is 9.86. The molecule has 2 aliphatic rings. The van der Waals surface area contributed by atoms with E-state index in [-0.39, 0.29) is 16.8 Å². The fourth-order valence-electron chi connectivity index (χ4n) is 4.01. The molecule has 2 atom stereocenters. The van der Waals surface area contributed by atoms with Crippen LogP contribution in [0.5, 0.6) is 0 Å². The van der Waals surface area contributed by atoms with Crippen molar-refractivity contribution in [2.24, 2.45) is 21.9 Å².